The molecule has 0 bridgehead atoms. The number of amides is 1. The van der Waals surface area contributed by atoms with Crippen molar-refractivity contribution in [2.45, 2.75) is 43.8 Å². The number of hydrogen-bond acceptors (Lipinski definition) is 5. The summed E-state index contributed by atoms with van der Waals surface area (Å²) in [6, 6.07) is 14.4. The Labute approximate surface area is 214 Å². The summed E-state index contributed by atoms with van der Waals surface area (Å²) >= 11 is 0. The third-order valence-corrected chi connectivity index (χ3v) is 6.25. The third kappa shape index (κ3) is 7.06. The third-order valence-electron chi connectivity index (χ3n) is 6.25. The van der Waals surface area contributed by atoms with Gasteiger partial charge in [0.15, 0.2) is 11.5 Å². The van der Waals surface area contributed by atoms with E-state index in [0.717, 1.165) is 5.56 Å². The van der Waals surface area contributed by atoms with Crippen LogP contribution in [-0.2, 0) is 11.2 Å². The zero-order valence-electron chi connectivity index (χ0n) is 20.8. The lowest BCUT2D eigenvalue weighted by molar-refractivity contribution is -0.136. The molecule has 1 atom stereocenters. The van der Waals surface area contributed by atoms with Crippen molar-refractivity contribution < 1.29 is 32.2 Å². The maximum absolute atomic E-state index is 12.9. The average molecular weight is 515 g/mol. The van der Waals surface area contributed by atoms with Gasteiger partial charge in [0.2, 0.25) is 0 Å². The van der Waals surface area contributed by atoms with Crippen LogP contribution in [0.2, 0.25) is 0 Å². The molecule has 1 aliphatic rings. The number of alkyl halides is 3. The molecule has 1 aliphatic heterocycles. The second kappa shape index (κ2) is 11.9. The Bertz CT molecular complexity index is 1220. The van der Waals surface area contributed by atoms with Gasteiger partial charge < -0.3 is 19.5 Å². The predicted octanol–water partition coefficient (Wildman–Crippen LogP) is 5.78. The highest BCUT2D eigenvalue weighted by atomic mass is 19.4. The number of methoxy groups -OCH3 is 2. The molecule has 2 aromatic rings. The first kappa shape index (κ1) is 27.7. The van der Waals surface area contributed by atoms with Crippen LogP contribution in [0.25, 0.3) is 5.57 Å². The number of aryl methyl sites for hydroxylation is 1. The van der Waals surface area contributed by atoms with E-state index < -0.39 is 24.0 Å². The van der Waals surface area contributed by atoms with Crippen LogP contribution in [0.3, 0.4) is 0 Å². The van der Waals surface area contributed by atoms with Crippen molar-refractivity contribution in [2.75, 3.05) is 20.8 Å². The lowest BCUT2D eigenvalue weighted by Crippen LogP contribution is -2.50. The van der Waals surface area contributed by atoms with Crippen LogP contribution in [0.15, 0.2) is 60.7 Å². The first-order valence-corrected chi connectivity index (χ1v) is 11.7. The molecule has 0 saturated heterocycles. The van der Waals surface area contributed by atoms with E-state index in [0.29, 0.717) is 47.6 Å². The molecular weight excluding hydrogens is 485 g/mol. The number of carbonyl (C=O) groups is 1. The monoisotopic (exact) mass is 514 g/mol. The lowest BCUT2D eigenvalue weighted by atomic mass is 9.78. The number of carbonyl (C=O) groups excluding carboxylic acids is 1. The largest absolute Gasteiger partial charge is 0.494 e. The van der Waals surface area contributed by atoms with E-state index in [1.54, 1.807) is 42.5 Å². The summed E-state index contributed by atoms with van der Waals surface area (Å²) in [5.41, 5.74) is 1.35. The lowest BCUT2D eigenvalue weighted by Gasteiger charge is -2.37. The first-order chi connectivity index (χ1) is 17.6. The van der Waals surface area contributed by atoms with E-state index in [9.17, 15) is 23.2 Å². The highest BCUT2D eigenvalue weighted by Crippen LogP contribution is 2.39. The molecule has 3 rings (SSSR count). The zero-order valence-corrected chi connectivity index (χ0v) is 20.8. The quantitative estimate of drug-likeness (QED) is 0.304. The van der Waals surface area contributed by atoms with Crippen molar-refractivity contribution in [1.82, 2.24) is 5.32 Å². The number of rotatable bonds is 11. The smallest absolute Gasteiger partial charge is 0.389 e. The van der Waals surface area contributed by atoms with Crippen molar-refractivity contribution >= 4 is 11.5 Å². The molecule has 1 N–H and O–H groups in total. The fraction of sp³-hybridized carbons (Fsp3) is 0.357. The highest BCUT2D eigenvalue weighted by molar-refractivity contribution is 6.07. The molecule has 0 fully saturated rings. The molecule has 0 aliphatic carbocycles. The normalized spacial score (nSPS) is 17.6. The van der Waals surface area contributed by atoms with Gasteiger partial charge in [0, 0.05) is 12.8 Å². The summed E-state index contributed by atoms with van der Waals surface area (Å²) in [6.45, 7) is 3.91. The molecule has 0 aromatic heterocycles. The minimum absolute atomic E-state index is 0.0268. The van der Waals surface area contributed by atoms with Crippen LogP contribution in [0.1, 0.15) is 36.8 Å². The molecule has 2 aromatic carbocycles. The molecule has 196 valence electrons. The van der Waals surface area contributed by atoms with Crippen LogP contribution in [-0.4, -0.2) is 38.4 Å². The van der Waals surface area contributed by atoms with E-state index in [1.165, 1.54) is 14.2 Å². The standard InChI is InChI=1S/C28H29F3N2O4/c1-4-27(13-11-19-7-5-8-21(15-19)37-14-6-12-28(29,30)31)17-22(23(18-32)26(34)33-27)20-9-10-24(35-2)25(16-20)36-3/h4-5,7-10,15-16H,1,6,11-14,17H2,2-3H3,(H,33,34)/t27-/m0/s1. The van der Waals surface area contributed by atoms with Crippen LogP contribution in [0.4, 0.5) is 13.2 Å². The van der Waals surface area contributed by atoms with Gasteiger partial charge in [-0.1, -0.05) is 24.3 Å². The van der Waals surface area contributed by atoms with Crippen molar-refractivity contribution in [1.29, 1.82) is 5.26 Å². The summed E-state index contributed by atoms with van der Waals surface area (Å²) in [5.74, 6) is 1.01. The predicted molar refractivity (Wildman–Crippen MR) is 133 cm³/mol. The van der Waals surface area contributed by atoms with E-state index in [4.69, 9.17) is 14.2 Å². The summed E-state index contributed by atoms with van der Waals surface area (Å²) in [7, 11) is 3.04. The molecule has 1 amide bonds. The summed E-state index contributed by atoms with van der Waals surface area (Å²) in [5, 5.41) is 12.6. The van der Waals surface area contributed by atoms with E-state index in [-0.39, 0.29) is 18.6 Å². The summed E-state index contributed by atoms with van der Waals surface area (Å²) < 4.78 is 53.2. The second-order valence-electron chi connectivity index (χ2n) is 8.74. The SMILES string of the molecule is C=C[C@]1(CCc2cccc(OCCCC(F)(F)F)c2)CC(c2ccc(OC)c(OC)c2)=C(C#N)C(=O)N1. The summed E-state index contributed by atoms with van der Waals surface area (Å²) in [4.78, 5) is 12.9. The van der Waals surface area contributed by atoms with Gasteiger partial charge in [0.05, 0.1) is 26.4 Å². The molecule has 6 nitrogen and oxygen atoms in total. The van der Waals surface area contributed by atoms with Crippen molar-refractivity contribution in [3.63, 3.8) is 0 Å². The topological polar surface area (TPSA) is 80.6 Å². The molecule has 0 spiro atoms. The minimum Gasteiger partial charge on any atom is -0.494 e. The van der Waals surface area contributed by atoms with Gasteiger partial charge in [-0.2, -0.15) is 18.4 Å². The molecule has 1 heterocycles. The Morgan fingerprint density at radius 3 is 2.57 bits per heavy atom. The molecule has 0 radical (unpaired) electrons. The minimum atomic E-state index is -4.20. The Morgan fingerprint density at radius 2 is 1.92 bits per heavy atom. The molecule has 37 heavy (non-hydrogen) atoms. The second-order valence-corrected chi connectivity index (χ2v) is 8.74. The number of hydrogen-bond donors (Lipinski definition) is 1. The van der Waals surface area contributed by atoms with Crippen molar-refractivity contribution in [3.05, 3.63) is 71.8 Å². The Hall–Kier alpha value is -3.93. The Morgan fingerprint density at radius 1 is 1.16 bits per heavy atom. The van der Waals surface area contributed by atoms with E-state index >= 15 is 0 Å². The van der Waals surface area contributed by atoms with Crippen LogP contribution < -0.4 is 19.5 Å². The maximum Gasteiger partial charge on any atom is 0.389 e. The number of benzene rings is 2. The fourth-order valence-corrected chi connectivity index (χ4v) is 4.26. The van der Waals surface area contributed by atoms with E-state index in [1.807, 2.05) is 12.1 Å². The van der Waals surface area contributed by atoms with Crippen molar-refractivity contribution in [2.24, 2.45) is 0 Å². The highest BCUT2D eigenvalue weighted by Gasteiger charge is 2.37. The number of nitrogens with one attached hydrogen (secondary N) is 1. The molecule has 0 unspecified atom stereocenters. The van der Waals surface area contributed by atoms with Gasteiger partial charge in [0.25, 0.3) is 5.91 Å². The molecule has 9 heteroatoms. The summed E-state index contributed by atoms with van der Waals surface area (Å²) in [6.07, 6.45) is -2.18. The number of nitriles is 1. The maximum atomic E-state index is 12.9. The van der Waals surface area contributed by atoms with Gasteiger partial charge in [-0.05, 0) is 60.2 Å². The number of halogens is 3. The average Bonchev–Trinajstić information content (AvgIpc) is 2.89. The van der Waals surface area contributed by atoms with E-state index in [2.05, 4.69) is 11.9 Å². The molecular formula is C28H29F3N2O4. The van der Waals surface area contributed by atoms with Gasteiger partial charge in [-0.15, -0.1) is 6.58 Å². The van der Waals surface area contributed by atoms with Gasteiger partial charge in [0.1, 0.15) is 17.4 Å². The van der Waals surface area contributed by atoms with Gasteiger partial charge >= 0.3 is 6.18 Å². The molecule has 0 saturated carbocycles. The van der Waals surface area contributed by atoms with Gasteiger partial charge in [-0.3, -0.25) is 4.79 Å². The first-order valence-electron chi connectivity index (χ1n) is 11.7. The van der Waals surface area contributed by atoms with Crippen LogP contribution >= 0.6 is 0 Å². The number of ether oxygens (including phenoxy) is 3. The Balaban J connectivity index is 1.77. The van der Waals surface area contributed by atoms with Gasteiger partial charge in [-0.25, -0.2) is 0 Å². The fourth-order valence-electron chi connectivity index (χ4n) is 4.26. The number of nitrogens with zero attached hydrogens (tertiary/aromatic N) is 1. The van der Waals surface area contributed by atoms with Crippen LogP contribution in [0, 0.1) is 11.3 Å². The van der Waals surface area contributed by atoms with Crippen LogP contribution in [0.5, 0.6) is 17.2 Å². The van der Waals surface area contributed by atoms with Crippen molar-refractivity contribution in [3.8, 4) is 23.3 Å². The zero-order chi connectivity index (χ0) is 27.1. The Kier molecular flexibility index (Phi) is 8.87.